The summed E-state index contributed by atoms with van der Waals surface area (Å²) in [4.78, 5) is 22.6. The number of hydrogen-bond donors (Lipinski definition) is 0. The number of methoxy groups -OCH3 is 2. The van der Waals surface area contributed by atoms with Crippen LogP contribution in [0.5, 0.6) is 0 Å². The molecule has 0 saturated carbocycles. The maximum absolute atomic E-state index is 11.3. The predicted molar refractivity (Wildman–Crippen MR) is 51.5 cm³/mol. The monoisotopic (exact) mass is 200 g/mol. The molecule has 0 fully saturated rings. The third-order valence-corrected chi connectivity index (χ3v) is 2.19. The van der Waals surface area contributed by atoms with Gasteiger partial charge in [-0.25, -0.2) is 0 Å². The van der Waals surface area contributed by atoms with Gasteiger partial charge in [0, 0.05) is 5.92 Å². The van der Waals surface area contributed by atoms with E-state index in [1.807, 2.05) is 0 Å². The summed E-state index contributed by atoms with van der Waals surface area (Å²) in [7, 11) is 2.48. The van der Waals surface area contributed by atoms with Gasteiger partial charge in [0.1, 0.15) is 0 Å². The molecular weight excluding hydrogens is 184 g/mol. The third kappa shape index (κ3) is 2.87. The summed E-state index contributed by atoms with van der Waals surface area (Å²) in [5, 5.41) is 0. The lowest BCUT2D eigenvalue weighted by molar-refractivity contribution is -0.160. The first kappa shape index (κ1) is 12.7. The zero-order valence-electron chi connectivity index (χ0n) is 8.99. The second kappa shape index (κ2) is 5.42. The molecular formula is C10H16O4. The molecule has 0 aromatic rings. The Morgan fingerprint density at radius 3 is 1.71 bits per heavy atom. The lowest BCUT2D eigenvalue weighted by Gasteiger charge is -2.19. The van der Waals surface area contributed by atoms with Crippen LogP contribution in [0.3, 0.4) is 0 Å². The molecule has 0 amide bonds. The number of rotatable bonds is 4. The third-order valence-electron chi connectivity index (χ3n) is 2.19. The average Bonchev–Trinajstić information content (AvgIpc) is 2.16. The molecule has 0 aromatic heterocycles. The fraction of sp³-hybridized carbons (Fsp3) is 0.600. The Morgan fingerprint density at radius 2 is 1.50 bits per heavy atom. The molecule has 0 N–H and O–H groups in total. The Bertz CT molecular complexity index is 229. The molecule has 0 aliphatic heterocycles. The highest BCUT2D eigenvalue weighted by atomic mass is 16.5. The van der Waals surface area contributed by atoms with Gasteiger partial charge in [-0.15, -0.1) is 0 Å². The van der Waals surface area contributed by atoms with Crippen molar-refractivity contribution in [2.24, 2.45) is 11.8 Å². The lowest BCUT2D eigenvalue weighted by atomic mass is 9.89. The van der Waals surface area contributed by atoms with Gasteiger partial charge in [-0.1, -0.05) is 19.1 Å². The Kier molecular flexibility index (Phi) is 4.91. The van der Waals surface area contributed by atoms with Crippen molar-refractivity contribution in [3.8, 4) is 0 Å². The fourth-order valence-corrected chi connectivity index (χ4v) is 1.04. The van der Waals surface area contributed by atoms with Gasteiger partial charge in [0.25, 0.3) is 0 Å². The lowest BCUT2D eigenvalue weighted by Crippen LogP contribution is -2.32. The number of hydrogen-bond acceptors (Lipinski definition) is 4. The second-order valence-electron chi connectivity index (χ2n) is 3.16. The van der Waals surface area contributed by atoms with E-state index >= 15 is 0 Å². The standard InChI is InChI=1S/C10H16O4/c1-6(2)7(3)8(9(11)13-4)10(12)14-5/h7-8H,1H2,2-5H3. The van der Waals surface area contributed by atoms with Gasteiger partial charge >= 0.3 is 11.9 Å². The summed E-state index contributed by atoms with van der Waals surface area (Å²) in [6.07, 6.45) is 0. The van der Waals surface area contributed by atoms with Gasteiger partial charge in [-0.3, -0.25) is 9.59 Å². The van der Waals surface area contributed by atoms with Gasteiger partial charge in [-0.05, 0) is 6.92 Å². The zero-order chi connectivity index (χ0) is 11.3. The molecule has 0 aliphatic rings. The van der Waals surface area contributed by atoms with Crippen LogP contribution >= 0.6 is 0 Å². The summed E-state index contributed by atoms with van der Waals surface area (Å²) in [6.45, 7) is 7.18. The van der Waals surface area contributed by atoms with Gasteiger partial charge in [-0.2, -0.15) is 0 Å². The number of carbonyl (C=O) groups excluding carboxylic acids is 2. The van der Waals surface area contributed by atoms with Crippen LogP contribution in [0.4, 0.5) is 0 Å². The Morgan fingerprint density at radius 1 is 1.14 bits per heavy atom. The van der Waals surface area contributed by atoms with E-state index < -0.39 is 17.9 Å². The van der Waals surface area contributed by atoms with Crippen molar-refractivity contribution in [2.45, 2.75) is 13.8 Å². The van der Waals surface area contributed by atoms with Crippen molar-refractivity contribution in [1.82, 2.24) is 0 Å². The van der Waals surface area contributed by atoms with E-state index in [0.717, 1.165) is 5.57 Å². The summed E-state index contributed by atoms with van der Waals surface area (Å²) in [5.74, 6) is -2.38. The SMILES string of the molecule is C=C(C)C(C)C(C(=O)OC)C(=O)OC. The van der Waals surface area contributed by atoms with E-state index in [2.05, 4.69) is 16.1 Å². The number of allylic oxidation sites excluding steroid dienone is 1. The van der Waals surface area contributed by atoms with Crippen LogP contribution in [0.15, 0.2) is 12.2 Å². The van der Waals surface area contributed by atoms with Crippen molar-refractivity contribution in [3.05, 3.63) is 12.2 Å². The van der Waals surface area contributed by atoms with Crippen molar-refractivity contribution in [3.63, 3.8) is 0 Å². The normalized spacial score (nSPS) is 12.1. The van der Waals surface area contributed by atoms with E-state index in [1.165, 1.54) is 14.2 Å². The van der Waals surface area contributed by atoms with Gasteiger partial charge < -0.3 is 9.47 Å². The molecule has 14 heavy (non-hydrogen) atoms. The van der Waals surface area contributed by atoms with Crippen LogP contribution in [0.1, 0.15) is 13.8 Å². The molecule has 0 aliphatic carbocycles. The van der Waals surface area contributed by atoms with Crippen LogP contribution in [0, 0.1) is 11.8 Å². The van der Waals surface area contributed by atoms with Crippen molar-refractivity contribution < 1.29 is 19.1 Å². The molecule has 4 heteroatoms. The molecule has 0 heterocycles. The molecule has 4 nitrogen and oxygen atoms in total. The molecule has 1 atom stereocenters. The van der Waals surface area contributed by atoms with Gasteiger partial charge in [0.15, 0.2) is 5.92 Å². The van der Waals surface area contributed by atoms with Crippen LogP contribution in [0.2, 0.25) is 0 Å². The van der Waals surface area contributed by atoms with Crippen LogP contribution in [-0.4, -0.2) is 26.2 Å². The van der Waals surface area contributed by atoms with Gasteiger partial charge in [0.2, 0.25) is 0 Å². The van der Waals surface area contributed by atoms with E-state index in [9.17, 15) is 9.59 Å². The minimum Gasteiger partial charge on any atom is -0.468 e. The topological polar surface area (TPSA) is 52.6 Å². The Labute approximate surface area is 83.9 Å². The van der Waals surface area contributed by atoms with Crippen LogP contribution in [0.25, 0.3) is 0 Å². The highest BCUT2D eigenvalue weighted by Gasteiger charge is 2.34. The summed E-state index contributed by atoms with van der Waals surface area (Å²) >= 11 is 0. The fourth-order valence-electron chi connectivity index (χ4n) is 1.04. The van der Waals surface area contributed by atoms with E-state index in [-0.39, 0.29) is 5.92 Å². The summed E-state index contributed by atoms with van der Waals surface area (Å²) < 4.78 is 9.05. The molecule has 0 rings (SSSR count). The highest BCUT2D eigenvalue weighted by Crippen LogP contribution is 2.21. The van der Waals surface area contributed by atoms with Crippen molar-refractivity contribution in [1.29, 1.82) is 0 Å². The molecule has 1 unspecified atom stereocenters. The van der Waals surface area contributed by atoms with Gasteiger partial charge in [0.05, 0.1) is 14.2 Å². The first-order valence-corrected chi connectivity index (χ1v) is 4.26. The Hall–Kier alpha value is -1.32. The second-order valence-corrected chi connectivity index (χ2v) is 3.16. The van der Waals surface area contributed by atoms with Crippen LogP contribution in [-0.2, 0) is 19.1 Å². The minimum absolute atomic E-state index is 0.283. The highest BCUT2D eigenvalue weighted by molar-refractivity contribution is 5.95. The number of ether oxygens (including phenoxy) is 2. The average molecular weight is 200 g/mol. The quantitative estimate of drug-likeness (QED) is 0.388. The Balaban J connectivity index is 4.80. The van der Waals surface area contributed by atoms with E-state index in [4.69, 9.17) is 0 Å². The largest absolute Gasteiger partial charge is 0.468 e. The molecule has 0 saturated heterocycles. The molecule has 0 bridgehead atoms. The first-order valence-electron chi connectivity index (χ1n) is 4.26. The predicted octanol–water partition coefficient (Wildman–Crippen LogP) is 1.16. The number of carbonyl (C=O) groups is 2. The molecule has 0 spiro atoms. The maximum atomic E-state index is 11.3. The van der Waals surface area contributed by atoms with Crippen molar-refractivity contribution >= 4 is 11.9 Å². The minimum atomic E-state index is -0.914. The maximum Gasteiger partial charge on any atom is 0.320 e. The van der Waals surface area contributed by atoms with E-state index in [1.54, 1.807) is 13.8 Å². The van der Waals surface area contributed by atoms with Crippen LogP contribution < -0.4 is 0 Å². The summed E-state index contributed by atoms with van der Waals surface area (Å²) in [5.41, 5.74) is 0.741. The summed E-state index contributed by atoms with van der Waals surface area (Å²) in [6, 6.07) is 0. The molecule has 0 radical (unpaired) electrons. The smallest absolute Gasteiger partial charge is 0.320 e. The molecule has 0 aromatic carbocycles. The van der Waals surface area contributed by atoms with Crippen molar-refractivity contribution in [2.75, 3.05) is 14.2 Å². The number of esters is 2. The zero-order valence-corrected chi connectivity index (χ0v) is 8.99. The molecule has 80 valence electrons. The van der Waals surface area contributed by atoms with E-state index in [0.29, 0.717) is 0 Å². The first-order chi connectivity index (χ1) is 6.45.